The molecule has 3 heterocycles. The van der Waals surface area contributed by atoms with Crippen molar-refractivity contribution in [3.05, 3.63) is 40.8 Å². The molecule has 148 valence electrons. The van der Waals surface area contributed by atoms with Crippen molar-refractivity contribution in [1.82, 2.24) is 24.6 Å². The van der Waals surface area contributed by atoms with Crippen molar-refractivity contribution in [1.29, 1.82) is 0 Å². The quantitative estimate of drug-likeness (QED) is 0.709. The molecule has 28 heavy (non-hydrogen) atoms. The number of rotatable bonds is 6. The fraction of sp³-hybridized carbons (Fsp3) is 0.476. The molecule has 1 aliphatic rings. The molecule has 0 saturated carbocycles. The van der Waals surface area contributed by atoms with Gasteiger partial charge in [0.05, 0.1) is 11.7 Å². The Morgan fingerprint density at radius 3 is 2.71 bits per heavy atom. The molecule has 7 heteroatoms. The van der Waals surface area contributed by atoms with Gasteiger partial charge in [-0.2, -0.15) is 5.10 Å². The van der Waals surface area contributed by atoms with Crippen LogP contribution in [-0.4, -0.2) is 51.3 Å². The molecule has 7 nitrogen and oxygen atoms in total. The molecule has 1 N–H and O–H groups in total. The minimum absolute atomic E-state index is 0.0387. The number of likely N-dealkylation sites (tertiary alicyclic amines) is 1. The summed E-state index contributed by atoms with van der Waals surface area (Å²) in [5.74, 6) is -0.0387. The maximum atomic E-state index is 13.1. The second-order valence-electron chi connectivity index (χ2n) is 7.49. The first-order valence-corrected chi connectivity index (χ1v) is 10.1. The van der Waals surface area contributed by atoms with Crippen LogP contribution in [0.2, 0.25) is 0 Å². The van der Waals surface area contributed by atoms with Gasteiger partial charge in [-0.1, -0.05) is 25.1 Å². The van der Waals surface area contributed by atoms with E-state index in [1.165, 1.54) is 17.5 Å². The Morgan fingerprint density at radius 1 is 1.21 bits per heavy atom. The smallest absolute Gasteiger partial charge is 0.291 e. The summed E-state index contributed by atoms with van der Waals surface area (Å²) in [6.45, 7) is 5.72. The molecule has 4 rings (SSSR count). The van der Waals surface area contributed by atoms with Crippen molar-refractivity contribution in [3.8, 4) is 0 Å². The Labute approximate surface area is 163 Å². The molecule has 1 fully saturated rings. The van der Waals surface area contributed by atoms with Gasteiger partial charge in [0, 0.05) is 30.9 Å². The molecule has 0 spiro atoms. The Hall–Kier alpha value is -2.67. The third-order valence-corrected chi connectivity index (χ3v) is 5.73. The number of nitrogens with one attached hydrogen (secondary N) is 1. The van der Waals surface area contributed by atoms with Gasteiger partial charge in [-0.25, -0.2) is 4.68 Å². The van der Waals surface area contributed by atoms with Gasteiger partial charge in [0.15, 0.2) is 0 Å². The minimum atomic E-state index is -0.434. The lowest BCUT2D eigenvalue weighted by Crippen LogP contribution is -2.38. The first kappa shape index (κ1) is 18.7. The van der Waals surface area contributed by atoms with E-state index in [0.29, 0.717) is 18.5 Å². The number of nitrogens with zero attached hydrogens (tertiary/aromatic N) is 4. The molecule has 0 bridgehead atoms. The summed E-state index contributed by atoms with van der Waals surface area (Å²) in [6.07, 6.45) is 4.80. The number of hydrogen-bond acceptors (Lipinski definition) is 4. The lowest BCUT2D eigenvalue weighted by molar-refractivity contribution is -0.124. The molecule has 0 radical (unpaired) electrons. The van der Waals surface area contributed by atoms with E-state index in [9.17, 15) is 9.59 Å². The van der Waals surface area contributed by atoms with Gasteiger partial charge in [0.1, 0.15) is 11.6 Å². The molecule has 1 aromatic carbocycles. The predicted octanol–water partition coefficient (Wildman–Crippen LogP) is 2.05. The Morgan fingerprint density at radius 2 is 1.96 bits per heavy atom. The maximum absolute atomic E-state index is 13.1. The summed E-state index contributed by atoms with van der Waals surface area (Å²) in [7, 11) is 1.64. The molecule has 1 atom stereocenters. The third-order valence-electron chi connectivity index (χ3n) is 5.73. The standard InChI is InChI=1S/C21H27N5O2/c1-3-17(20(27)22-10-13-25-11-6-7-12-25)26-18-9-5-4-8-15(18)16-14-23-24(2)21(28)19(16)26/h4-5,8-9,14,17H,3,6-7,10-13H2,1-2H3,(H,22,27)/t17-/m0/s1. The molecule has 2 aromatic heterocycles. The van der Waals surface area contributed by atoms with Crippen molar-refractivity contribution in [3.63, 3.8) is 0 Å². The number of carbonyl (C=O) groups is 1. The van der Waals surface area contributed by atoms with E-state index in [-0.39, 0.29) is 11.5 Å². The number of aryl methyl sites for hydroxylation is 1. The van der Waals surface area contributed by atoms with Crippen molar-refractivity contribution < 1.29 is 4.79 Å². The zero-order chi connectivity index (χ0) is 19.7. The van der Waals surface area contributed by atoms with E-state index in [1.54, 1.807) is 13.2 Å². The Kier molecular flexibility index (Phi) is 5.17. The molecule has 1 aliphatic heterocycles. The number of hydrogen-bond donors (Lipinski definition) is 1. The highest BCUT2D eigenvalue weighted by Crippen LogP contribution is 2.30. The van der Waals surface area contributed by atoms with E-state index in [2.05, 4.69) is 15.3 Å². The molecule has 0 aliphatic carbocycles. The van der Waals surface area contributed by atoms with Gasteiger partial charge in [-0.05, 0) is 38.4 Å². The number of aromatic nitrogens is 3. The van der Waals surface area contributed by atoms with Crippen molar-refractivity contribution in [2.75, 3.05) is 26.2 Å². The largest absolute Gasteiger partial charge is 0.353 e. The van der Waals surface area contributed by atoms with Gasteiger partial charge >= 0.3 is 0 Å². The molecule has 3 aromatic rings. The maximum Gasteiger partial charge on any atom is 0.291 e. The van der Waals surface area contributed by atoms with Gasteiger partial charge in [0.2, 0.25) is 5.91 Å². The van der Waals surface area contributed by atoms with Crippen molar-refractivity contribution >= 4 is 27.7 Å². The van der Waals surface area contributed by atoms with Crippen LogP contribution in [0.3, 0.4) is 0 Å². The summed E-state index contributed by atoms with van der Waals surface area (Å²) >= 11 is 0. The van der Waals surface area contributed by atoms with Crippen LogP contribution in [0, 0.1) is 0 Å². The highest BCUT2D eigenvalue weighted by molar-refractivity contribution is 6.08. The van der Waals surface area contributed by atoms with Crippen LogP contribution < -0.4 is 10.9 Å². The molecule has 1 amide bonds. The number of carbonyl (C=O) groups excluding carboxylic acids is 1. The summed E-state index contributed by atoms with van der Waals surface area (Å²) in [4.78, 5) is 28.3. The zero-order valence-corrected chi connectivity index (χ0v) is 16.5. The van der Waals surface area contributed by atoms with Crippen molar-refractivity contribution in [2.45, 2.75) is 32.2 Å². The molecular formula is C21H27N5O2. The summed E-state index contributed by atoms with van der Waals surface area (Å²) in [5.41, 5.74) is 1.25. The van der Waals surface area contributed by atoms with E-state index >= 15 is 0 Å². The van der Waals surface area contributed by atoms with Crippen LogP contribution in [0.5, 0.6) is 0 Å². The average Bonchev–Trinajstić information content (AvgIpc) is 3.33. The zero-order valence-electron chi connectivity index (χ0n) is 16.5. The van der Waals surface area contributed by atoms with Crippen LogP contribution in [-0.2, 0) is 11.8 Å². The monoisotopic (exact) mass is 381 g/mol. The lowest BCUT2D eigenvalue weighted by Gasteiger charge is -2.21. The second-order valence-corrected chi connectivity index (χ2v) is 7.49. The van der Waals surface area contributed by atoms with E-state index < -0.39 is 6.04 Å². The number of amides is 1. The van der Waals surface area contributed by atoms with Gasteiger partial charge in [0.25, 0.3) is 5.56 Å². The van der Waals surface area contributed by atoms with Gasteiger partial charge in [-0.15, -0.1) is 0 Å². The normalized spacial score (nSPS) is 16.1. The molecule has 0 unspecified atom stereocenters. The Balaban J connectivity index is 1.71. The van der Waals surface area contributed by atoms with E-state index in [0.717, 1.165) is 35.9 Å². The molecule has 1 saturated heterocycles. The number of benzene rings is 1. The fourth-order valence-corrected chi connectivity index (χ4v) is 4.26. The summed E-state index contributed by atoms with van der Waals surface area (Å²) < 4.78 is 3.23. The van der Waals surface area contributed by atoms with Gasteiger partial charge in [-0.3, -0.25) is 9.59 Å². The van der Waals surface area contributed by atoms with E-state index in [1.807, 2.05) is 35.8 Å². The van der Waals surface area contributed by atoms with Crippen molar-refractivity contribution in [2.24, 2.45) is 7.05 Å². The van der Waals surface area contributed by atoms with Gasteiger partial charge < -0.3 is 14.8 Å². The number of fused-ring (bicyclic) bond motifs is 3. The fourth-order valence-electron chi connectivity index (χ4n) is 4.26. The highest BCUT2D eigenvalue weighted by atomic mass is 16.2. The van der Waals surface area contributed by atoms with Crippen LogP contribution >= 0.6 is 0 Å². The topological polar surface area (TPSA) is 72.2 Å². The first-order chi connectivity index (χ1) is 13.6. The average molecular weight is 381 g/mol. The Bertz CT molecular complexity index is 1060. The predicted molar refractivity (Wildman–Crippen MR) is 110 cm³/mol. The van der Waals surface area contributed by atoms with Crippen LogP contribution in [0.4, 0.5) is 0 Å². The van der Waals surface area contributed by atoms with Crippen LogP contribution in [0.1, 0.15) is 32.2 Å². The first-order valence-electron chi connectivity index (χ1n) is 10.1. The van der Waals surface area contributed by atoms with Crippen LogP contribution in [0.15, 0.2) is 35.3 Å². The second kappa shape index (κ2) is 7.75. The summed E-state index contributed by atoms with van der Waals surface area (Å²) in [5, 5.41) is 9.01. The summed E-state index contributed by atoms with van der Waals surface area (Å²) in [6, 6.07) is 7.40. The van der Waals surface area contributed by atoms with Crippen LogP contribution in [0.25, 0.3) is 21.8 Å². The lowest BCUT2D eigenvalue weighted by atomic mass is 10.2. The number of para-hydroxylation sites is 1. The highest BCUT2D eigenvalue weighted by Gasteiger charge is 2.25. The molecular weight excluding hydrogens is 354 g/mol. The van der Waals surface area contributed by atoms with E-state index in [4.69, 9.17) is 0 Å². The SMILES string of the molecule is CC[C@@H](C(=O)NCCN1CCCC1)n1c2ccccc2c2cnn(C)c(=O)c21. The minimum Gasteiger partial charge on any atom is -0.353 e. The third kappa shape index (κ3) is 3.20.